The van der Waals surface area contributed by atoms with Crippen LogP contribution in [0.3, 0.4) is 0 Å². The second-order valence-corrected chi connectivity index (χ2v) is 14.5. The molecular formula is C39H60N2O5S. The number of carbonyl (C=O) groups excluding carboxylic acids is 1. The Morgan fingerprint density at radius 1 is 1.00 bits per heavy atom. The van der Waals surface area contributed by atoms with E-state index >= 15 is 0 Å². The van der Waals surface area contributed by atoms with Crippen LogP contribution in [0.5, 0.6) is 0 Å². The van der Waals surface area contributed by atoms with Crippen LogP contribution in [0.15, 0.2) is 42.5 Å². The van der Waals surface area contributed by atoms with Crippen LogP contribution in [0.4, 0.5) is 0 Å². The average molecular weight is 669 g/mol. The van der Waals surface area contributed by atoms with E-state index < -0.39 is 12.0 Å². The van der Waals surface area contributed by atoms with Gasteiger partial charge in [-0.05, 0) is 90.8 Å². The summed E-state index contributed by atoms with van der Waals surface area (Å²) in [6.07, 6.45) is 14.0. The van der Waals surface area contributed by atoms with Gasteiger partial charge in [-0.1, -0.05) is 82.7 Å². The smallest absolute Gasteiger partial charge is 0.326 e. The molecule has 2 aliphatic rings. The van der Waals surface area contributed by atoms with Crippen molar-refractivity contribution in [3.8, 4) is 11.1 Å². The second kappa shape index (κ2) is 20.9. The van der Waals surface area contributed by atoms with Crippen molar-refractivity contribution in [2.24, 2.45) is 11.8 Å². The Morgan fingerprint density at radius 2 is 1.72 bits per heavy atom. The summed E-state index contributed by atoms with van der Waals surface area (Å²) < 4.78 is 10.5. The average Bonchev–Trinajstić information content (AvgIpc) is 3.43. The molecule has 2 fully saturated rings. The number of carbonyl (C=O) groups is 2. The van der Waals surface area contributed by atoms with Crippen molar-refractivity contribution in [3.63, 3.8) is 0 Å². The maximum Gasteiger partial charge on any atom is 0.326 e. The lowest BCUT2D eigenvalue weighted by atomic mass is 9.84. The summed E-state index contributed by atoms with van der Waals surface area (Å²) in [5.41, 5.74) is 4.62. The Morgan fingerprint density at radius 3 is 2.34 bits per heavy atom. The van der Waals surface area contributed by atoms with Crippen LogP contribution in [0.25, 0.3) is 11.1 Å². The summed E-state index contributed by atoms with van der Waals surface area (Å²) in [5, 5.41) is 12.5. The van der Waals surface area contributed by atoms with Gasteiger partial charge in [0.2, 0.25) is 0 Å². The summed E-state index contributed by atoms with van der Waals surface area (Å²) in [6, 6.07) is 14.2. The first-order valence-electron chi connectivity index (χ1n) is 17.7. The number of rotatable bonds is 16. The highest BCUT2D eigenvalue weighted by Gasteiger charge is 2.35. The van der Waals surface area contributed by atoms with E-state index in [1.54, 1.807) is 26.0 Å². The van der Waals surface area contributed by atoms with Gasteiger partial charge in [-0.3, -0.25) is 9.69 Å². The summed E-state index contributed by atoms with van der Waals surface area (Å²) in [5.74, 6) is 0.876. The number of nitrogens with one attached hydrogen (secondary N) is 1. The van der Waals surface area contributed by atoms with Gasteiger partial charge >= 0.3 is 5.97 Å². The quantitative estimate of drug-likeness (QED) is 0.186. The molecule has 4 atom stereocenters. The Labute approximate surface area is 288 Å². The third-order valence-electron chi connectivity index (χ3n) is 9.95. The highest BCUT2D eigenvalue weighted by molar-refractivity contribution is 7.98. The number of ether oxygens (including phenoxy) is 2. The van der Waals surface area contributed by atoms with Gasteiger partial charge in [0.15, 0.2) is 0 Å². The number of amides is 1. The zero-order valence-electron chi connectivity index (χ0n) is 29.8. The van der Waals surface area contributed by atoms with E-state index in [-0.39, 0.29) is 5.91 Å². The van der Waals surface area contributed by atoms with E-state index in [0.29, 0.717) is 29.8 Å². The first-order chi connectivity index (χ1) is 22.7. The Bertz CT molecular complexity index is 1230. The minimum absolute atomic E-state index is 0.341. The van der Waals surface area contributed by atoms with Gasteiger partial charge in [-0.2, -0.15) is 11.8 Å². The molecule has 1 saturated heterocycles. The zero-order chi connectivity index (χ0) is 34.2. The molecule has 0 radical (unpaired) electrons. The molecule has 1 heterocycles. The standard InChI is InChI=1S/C33H46N2O4S.C6H14O/c1-23-9-7-8-12-28(23)30-20-25(13-16-29(30)32(36)34-31(33(37)38)17-18-40-3)21-35-26(14-15-27(35)22-39-2)19-24-10-5-4-6-11-24;1-4-6(2)5-7-3/h7-9,12-13,16,20,24,26-27,31H,4-6,10-11,14-15,17-19,21-22H2,1-3H3,(H,34,36)(H,37,38);6H,4-5H2,1-3H3. The Kier molecular flexibility index (Phi) is 17.3. The molecule has 4 rings (SSSR count). The molecule has 1 saturated carbocycles. The largest absolute Gasteiger partial charge is 0.480 e. The summed E-state index contributed by atoms with van der Waals surface area (Å²) in [7, 11) is 3.53. The van der Waals surface area contributed by atoms with Crippen molar-refractivity contribution in [2.75, 3.05) is 39.4 Å². The van der Waals surface area contributed by atoms with Crippen LogP contribution >= 0.6 is 11.8 Å². The number of carboxylic acids is 1. The maximum atomic E-state index is 13.5. The highest BCUT2D eigenvalue weighted by Crippen LogP contribution is 2.36. The van der Waals surface area contributed by atoms with Gasteiger partial charge < -0.3 is 19.9 Å². The molecule has 2 N–H and O–H groups in total. The van der Waals surface area contributed by atoms with Gasteiger partial charge in [0.25, 0.3) is 5.91 Å². The van der Waals surface area contributed by atoms with Crippen LogP contribution in [-0.2, 0) is 20.8 Å². The SMILES string of the molecule is CCC(C)COC.COCC1CCC(CC2CCCCC2)N1Cc1ccc(C(=O)NC(CCSC)C(=O)O)c(-c2ccccc2C)c1. The molecule has 1 aliphatic heterocycles. The molecule has 0 spiro atoms. The number of likely N-dealkylation sites (tertiary alicyclic amines) is 1. The van der Waals surface area contributed by atoms with Crippen LogP contribution in [0, 0.1) is 18.8 Å². The molecule has 262 valence electrons. The lowest BCUT2D eigenvalue weighted by Crippen LogP contribution is -2.41. The molecule has 7 nitrogen and oxygen atoms in total. The first-order valence-corrected chi connectivity index (χ1v) is 19.1. The van der Waals surface area contributed by atoms with Crippen LogP contribution < -0.4 is 5.32 Å². The zero-order valence-corrected chi connectivity index (χ0v) is 30.6. The van der Waals surface area contributed by atoms with E-state index in [4.69, 9.17) is 9.47 Å². The van der Waals surface area contributed by atoms with E-state index in [9.17, 15) is 14.7 Å². The number of aliphatic carboxylic acids is 1. The minimum Gasteiger partial charge on any atom is -0.480 e. The predicted octanol–water partition coefficient (Wildman–Crippen LogP) is 8.23. The summed E-state index contributed by atoms with van der Waals surface area (Å²) in [6.45, 7) is 8.86. The van der Waals surface area contributed by atoms with Gasteiger partial charge in [-0.25, -0.2) is 4.79 Å². The fourth-order valence-corrected chi connectivity index (χ4v) is 7.50. The molecule has 1 amide bonds. The molecule has 1 aliphatic carbocycles. The maximum absolute atomic E-state index is 13.5. The number of aryl methyl sites for hydroxylation is 1. The second-order valence-electron chi connectivity index (χ2n) is 13.6. The van der Waals surface area contributed by atoms with Crippen LogP contribution in [0.1, 0.15) is 99.5 Å². The van der Waals surface area contributed by atoms with Crippen molar-refractivity contribution >= 4 is 23.6 Å². The number of benzene rings is 2. The summed E-state index contributed by atoms with van der Waals surface area (Å²) >= 11 is 1.58. The molecule has 2 aromatic carbocycles. The van der Waals surface area contributed by atoms with Gasteiger partial charge in [-0.15, -0.1) is 0 Å². The molecule has 0 aromatic heterocycles. The normalized spacial score (nSPS) is 19.9. The van der Waals surface area contributed by atoms with Gasteiger partial charge in [0, 0.05) is 45.0 Å². The monoisotopic (exact) mass is 668 g/mol. The van der Waals surface area contributed by atoms with Gasteiger partial charge in [0.05, 0.1) is 6.61 Å². The minimum atomic E-state index is -1.00. The van der Waals surface area contributed by atoms with E-state index in [2.05, 4.69) is 43.1 Å². The van der Waals surface area contributed by atoms with Crippen molar-refractivity contribution in [1.29, 1.82) is 0 Å². The molecule has 2 aromatic rings. The number of nitrogens with zero attached hydrogens (tertiary/aromatic N) is 1. The number of hydrogen-bond donors (Lipinski definition) is 2. The van der Waals surface area contributed by atoms with E-state index in [1.165, 1.54) is 56.9 Å². The van der Waals surface area contributed by atoms with Gasteiger partial charge in [0.1, 0.15) is 6.04 Å². The van der Waals surface area contributed by atoms with E-state index in [0.717, 1.165) is 54.7 Å². The number of methoxy groups -OCH3 is 2. The van der Waals surface area contributed by atoms with Crippen molar-refractivity contribution < 1.29 is 24.2 Å². The van der Waals surface area contributed by atoms with Crippen molar-refractivity contribution in [3.05, 3.63) is 59.2 Å². The number of thioether (sulfide) groups is 1. The lowest BCUT2D eigenvalue weighted by molar-refractivity contribution is -0.139. The number of carboxylic acid groups (broad SMARTS) is 1. The number of hydrogen-bond acceptors (Lipinski definition) is 6. The summed E-state index contributed by atoms with van der Waals surface area (Å²) in [4.78, 5) is 28.0. The third-order valence-corrected chi connectivity index (χ3v) is 10.6. The Balaban J connectivity index is 0.000000771. The van der Waals surface area contributed by atoms with E-state index in [1.807, 2.05) is 36.6 Å². The third kappa shape index (κ3) is 12.2. The lowest BCUT2D eigenvalue weighted by Gasteiger charge is -2.33. The molecule has 47 heavy (non-hydrogen) atoms. The Hall–Kier alpha value is -2.39. The fraction of sp³-hybridized carbons (Fsp3) is 0.641. The van der Waals surface area contributed by atoms with Crippen LogP contribution in [-0.4, -0.2) is 79.5 Å². The first kappa shape index (κ1) is 39.1. The molecular weight excluding hydrogens is 609 g/mol. The topological polar surface area (TPSA) is 88.1 Å². The predicted molar refractivity (Wildman–Crippen MR) is 195 cm³/mol. The fourth-order valence-electron chi connectivity index (χ4n) is 7.03. The molecule has 8 heteroatoms. The van der Waals surface area contributed by atoms with Crippen molar-refractivity contribution in [1.82, 2.24) is 10.2 Å². The van der Waals surface area contributed by atoms with Crippen LogP contribution in [0.2, 0.25) is 0 Å². The highest BCUT2D eigenvalue weighted by atomic mass is 32.2. The van der Waals surface area contributed by atoms with Crippen molar-refractivity contribution in [2.45, 2.75) is 110 Å². The molecule has 4 unspecified atom stereocenters. The molecule has 0 bridgehead atoms.